The van der Waals surface area contributed by atoms with Crippen LogP contribution in [0.1, 0.15) is 62.7 Å². The molecule has 0 atom stereocenters. The van der Waals surface area contributed by atoms with E-state index in [4.69, 9.17) is 0 Å². The minimum Gasteiger partial charge on any atom is -0.368 e. The van der Waals surface area contributed by atoms with Gasteiger partial charge in [-0.2, -0.15) is 23.5 Å². The molecule has 1 aliphatic rings. The molecule has 1 saturated heterocycles. The highest BCUT2D eigenvalue weighted by atomic mass is 19.4. The number of aromatic nitrogens is 7. The number of nitrogens with zero attached hydrogens (tertiary/aromatic N) is 9. The standard InChI is InChI=1S/C26H25F6N9/c1-24(2,3)41-12-16-18(21(27)28)15(11-34-22(16)38-41)19-20(14(10-33)9-17(36-19)26(30,31)32)40-7-5-25(29,6-8-40)23-37-35-13-39(23)4/h9,11-13,21H,5-8H2,1-4H3. The van der Waals surface area contributed by atoms with Crippen molar-refractivity contribution in [3.63, 3.8) is 0 Å². The third kappa shape index (κ3) is 4.95. The fourth-order valence-corrected chi connectivity index (χ4v) is 5.03. The summed E-state index contributed by atoms with van der Waals surface area (Å²) in [5.41, 5.74) is -5.93. The van der Waals surface area contributed by atoms with Gasteiger partial charge in [0.2, 0.25) is 0 Å². The highest BCUT2D eigenvalue weighted by Crippen LogP contribution is 2.45. The van der Waals surface area contributed by atoms with Crippen molar-refractivity contribution in [2.24, 2.45) is 7.05 Å². The zero-order chi connectivity index (χ0) is 29.9. The lowest BCUT2D eigenvalue weighted by Crippen LogP contribution is -2.42. The number of hydrogen-bond acceptors (Lipinski definition) is 7. The SMILES string of the molecule is Cn1cnnc1C1(F)CCN(c2c(C#N)cc(C(F)(F)F)nc2-c2cnc3nn(C(C)(C)C)cc3c2C(F)F)CC1. The van der Waals surface area contributed by atoms with Gasteiger partial charge in [0.05, 0.1) is 22.5 Å². The number of aryl methyl sites for hydroxylation is 1. The normalized spacial score (nSPS) is 16.0. The summed E-state index contributed by atoms with van der Waals surface area (Å²) >= 11 is 0. The number of anilines is 1. The first-order valence-electron chi connectivity index (χ1n) is 12.6. The number of nitriles is 1. The van der Waals surface area contributed by atoms with E-state index in [9.17, 15) is 27.2 Å². The number of hydrogen-bond donors (Lipinski definition) is 0. The predicted molar refractivity (Wildman–Crippen MR) is 136 cm³/mol. The molecular weight excluding hydrogens is 552 g/mol. The number of fused-ring (bicyclic) bond motifs is 1. The van der Waals surface area contributed by atoms with Crippen molar-refractivity contribution in [2.75, 3.05) is 18.0 Å². The van der Waals surface area contributed by atoms with E-state index in [-0.39, 0.29) is 54.0 Å². The summed E-state index contributed by atoms with van der Waals surface area (Å²) in [7, 11) is 1.59. The molecule has 0 radical (unpaired) electrons. The highest BCUT2D eigenvalue weighted by Gasteiger charge is 2.42. The lowest BCUT2D eigenvalue weighted by molar-refractivity contribution is -0.141. The second-order valence-corrected chi connectivity index (χ2v) is 10.9. The molecule has 1 fully saturated rings. The van der Waals surface area contributed by atoms with Gasteiger partial charge in [0, 0.05) is 61.9 Å². The Morgan fingerprint density at radius 3 is 2.34 bits per heavy atom. The zero-order valence-corrected chi connectivity index (χ0v) is 22.5. The van der Waals surface area contributed by atoms with E-state index >= 15 is 4.39 Å². The second kappa shape index (κ2) is 9.71. The van der Waals surface area contributed by atoms with Gasteiger partial charge >= 0.3 is 6.18 Å². The topological polar surface area (TPSA) is 101 Å². The average molecular weight is 578 g/mol. The van der Waals surface area contributed by atoms with Crippen molar-refractivity contribution in [1.29, 1.82) is 5.26 Å². The van der Waals surface area contributed by atoms with E-state index in [1.165, 1.54) is 26.7 Å². The van der Waals surface area contributed by atoms with E-state index in [0.717, 1.165) is 6.20 Å². The molecule has 0 unspecified atom stereocenters. The van der Waals surface area contributed by atoms with E-state index < -0.39 is 46.3 Å². The molecule has 4 aromatic rings. The Morgan fingerprint density at radius 1 is 1.12 bits per heavy atom. The minimum atomic E-state index is -4.97. The van der Waals surface area contributed by atoms with Crippen molar-refractivity contribution in [3.8, 4) is 17.3 Å². The maximum absolute atomic E-state index is 15.9. The Morgan fingerprint density at radius 2 is 1.80 bits per heavy atom. The monoisotopic (exact) mass is 577 g/mol. The molecule has 0 aromatic carbocycles. The van der Waals surface area contributed by atoms with Crippen LogP contribution in [0, 0.1) is 11.3 Å². The van der Waals surface area contributed by atoms with Crippen LogP contribution in [0.5, 0.6) is 0 Å². The first kappa shape index (κ1) is 28.3. The molecule has 5 heterocycles. The molecule has 0 saturated carbocycles. The summed E-state index contributed by atoms with van der Waals surface area (Å²) in [6.45, 7) is 5.29. The summed E-state index contributed by atoms with van der Waals surface area (Å²) in [5, 5.41) is 21.7. The first-order chi connectivity index (χ1) is 19.1. The fourth-order valence-electron chi connectivity index (χ4n) is 5.03. The summed E-state index contributed by atoms with van der Waals surface area (Å²) in [4.78, 5) is 9.43. The van der Waals surface area contributed by atoms with Crippen LogP contribution in [0.4, 0.5) is 32.0 Å². The quantitative estimate of drug-likeness (QED) is 0.288. The number of rotatable bonds is 4. The Kier molecular flexibility index (Phi) is 6.70. The van der Waals surface area contributed by atoms with Crippen LogP contribution < -0.4 is 4.90 Å². The molecule has 5 rings (SSSR count). The molecule has 15 heteroatoms. The maximum atomic E-state index is 15.9. The van der Waals surface area contributed by atoms with Crippen LogP contribution in [0.15, 0.2) is 24.8 Å². The molecule has 0 aliphatic carbocycles. The van der Waals surface area contributed by atoms with Gasteiger partial charge in [0.15, 0.2) is 17.1 Å². The Hall–Kier alpha value is -4.22. The Labute approximate surface area is 230 Å². The van der Waals surface area contributed by atoms with Gasteiger partial charge in [-0.25, -0.2) is 23.1 Å². The van der Waals surface area contributed by atoms with E-state index in [1.807, 2.05) is 0 Å². The molecule has 0 N–H and O–H groups in total. The summed E-state index contributed by atoms with van der Waals surface area (Å²) in [5.74, 6) is 0.0916. The van der Waals surface area contributed by atoms with Crippen LogP contribution in [0.25, 0.3) is 22.3 Å². The van der Waals surface area contributed by atoms with Crippen LogP contribution in [0.3, 0.4) is 0 Å². The molecule has 4 aromatic heterocycles. The Bertz CT molecular complexity index is 1650. The van der Waals surface area contributed by atoms with Crippen LogP contribution in [0.2, 0.25) is 0 Å². The van der Waals surface area contributed by atoms with Crippen molar-refractivity contribution in [3.05, 3.63) is 47.4 Å². The van der Waals surface area contributed by atoms with Crippen LogP contribution in [-0.4, -0.2) is 47.6 Å². The van der Waals surface area contributed by atoms with Gasteiger partial charge in [-0.05, 0) is 26.8 Å². The molecular formula is C26H25F6N9. The largest absolute Gasteiger partial charge is 0.433 e. The lowest BCUT2D eigenvalue weighted by Gasteiger charge is -2.38. The molecule has 0 amide bonds. The molecule has 0 bridgehead atoms. The minimum absolute atomic E-state index is 0.0168. The molecule has 216 valence electrons. The molecule has 9 nitrogen and oxygen atoms in total. The van der Waals surface area contributed by atoms with Crippen LogP contribution >= 0.6 is 0 Å². The number of alkyl halides is 6. The summed E-state index contributed by atoms with van der Waals surface area (Å²) in [6.07, 6.45) is -4.67. The van der Waals surface area contributed by atoms with E-state index in [0.29, 0.717) is 6.07 Å². The Balaban J connectivity index is 1.71. The van der Waals surface area contributed by atoms with E-state index in [1.54, 1.807) is 33.9 Å². The van der Waals surface area contributed by atoms with Gasteiger partial charge in [0.1, 0.15) is 18.1 Å². The first-order valence-corrected chi connectivity index (χ1v) is 12.6. The number of halogens is 6. The average Bonchev–Trinajstić information content (AvgIpc) is 3.54. The van der Waals surface area contributed by atoms with Gasteiger partial charge in [-0.3, -0.25) is 4.68 Å². The third-order valence-electron chi connectivity index (χ3n) is 7.14. The van der Waals surface area contributed by atoms with E-state index in [2.05, 4.69) is 25.3 Å². The zero-order valence-electron chi connectivity index (χ0n) is 22.5. The van der Waals surface area contributed by atoms with Gasteiger partial charge in [-0.15, -0.1) is 10.2 Å². The highest BCUT2D eigenvalue weighted by molar-refractivity contribution is 5.90. The number of pyridine rings is 2. The number of piperidine rings is 1. The predicted octanol–water partition coefficient (Wildman–Crippen LogP) is 5.67. The second-order valence-electron chi connectivity index (χ2n) is 10.9. The fraction of sp³-hybridized carbons (Fsp3) is 0.462. The van der Waals surface area contributed by atoms with Crippen LogP contribution in [-0.2, 0) is 24.4 Å². The molecule has 41 heavy (non-hydrogen) atoms. The molecule has 0 spiro atoms. The maximum Gasteiger partial charge on any atom is 0.433 e. The van der Waals surface area contributed by atoms with Gasteiger partial charge in [-0.1, -0.05) is 0 Å². The van der Waals surface area contributed by atoms with Gasteiger partial charge in [0.25, 0.3) is 6.43 Å². The molecule has 1 aliphatic heterocycles. The third-order valence-corrected chi connectivity index (χ3v) is 7.14. The van der Waals surface area contributed by atoms with Crippen molar-refractivity contribution in [1.82, 2.24) is 34.5 Å². The van der Waals surface area contributed by atoms with Crippen molar-refractivity contribution in [2.45, 2.75) is 57.4 Å². The van der Waals surface area contributed by atoms with Gasteiger partial charge < -0.3 is 9.47 Å². The van der Waals surface area contributed by atoms with Crippen molar-refractivity contribution >= 4 is 16.7 Å². The smallest absolute Gasteiger partial charge is 0.368 e. The summed E-state index contributed by atoms with van der Waals surface area (Å²) < 4.78 is 89.8. The lowest BCUT2D eigenvalue weighted by atomic mass is 9.91. The summed E-state index contributed by atoms with van der Waals surface area (Å²) in [6, 6.07) is 2.33. The van der Waals surface area contributed by atoms with Crippen molar-refractivity contribution < 1.29 is 26.3 Å².